The Morgan fingerprint density at radius 2 is 1.85 bits per heavy atom. The van der Waals surface area contributed by atoms with Gasteiger partial charge in [-0.2, -0.15) is 8.78 Å². The van der Waals surface area contributed by atoms with Gasteiger partial charge in [-0.3, -0.25) is 0 Å². The second-order valence-electron chi connectivity index (χ2n) is 3.48. The van der Waals surface area contributed by atoms with Crippen molar-refractivity contribution in [3.63, 3.8) is 0 Å². The second kappa shape index (κ2) is 6.82. The number of carbonyl (C=O) groups excluding carboxylic acids is 1. The molecule has 20 heavy (non-hydrogen) atoms. The molecule has 0 atom stereocenters. The lowest BCUT2D eigenvalue weighted by atomic mass is 10.2. The van der Waals surface area contributed by atoms with E-state index < -0.39 is 27.9 Å². The molecule has 0 aliphatic rings. The van der Waals surface area contributed by atoms with Crippen LogP contribution in [0.25, 0.3) is 0 Å². The van der Waals surface area contributed by atoms with Gasteiger partial charge < -0.3 is 9.29 Å². The predicted molar refractivity (Wildman–Crippen MR) is 89.5 cm³/mol. The molecule has 0 aliphatic carbocycles. The third kappa shape index (κ3) is 5.80. The Bertz CT molecular complexity index is 647. The highest BCUT2D eigenvalue weighted by Crippen LogP contribution is 2.26. The molecule has 0 saturated heterocycles. The van der Waals surface area contributed by atoms with Crippen LogP contribution in [-0.4, -0.2) is 30.8 Å². The molecule has 0 aromatic heterocycles. The van der Waals surface area contributed by atoms with E-state index in [1.165, 1.54) is 6.07 Å². The summed E-state index contributed by atoms with van der Waals surface area (Å²) in [6.07, 6.45) is -4.37. The predicted octanol–water partition coefficient (Wildman–Crippen LogP) is 2.80. The lowest BCUT2D eigenvalue weighted by Gasteiger charge is -2.18. The third-order valence-electron chi connectivity index (χ3n) is 1.80. The van der Waals surface area contributed by atoms with Crippen molar-refractivity contribution in [3.05, 3.63) is 28.4 Å². The molecule has 1 rings (SSSR count). The summed E-state index contributed by atoms with van der Waals surface area (Å²) in [5.41, 5.74) is -0.120. The van der Waals surface area contributed by atoms with Crippen LogP contribution >= 0.6 is 67.8 Å². The van der Waals surface area contributed by atoms with E-state index in [0.29, 0.717) is 10.7 Å². The number of hydrogen-bond donors (Lipinski definition) is 0. The van der Waals surface area contributed by atoms with Crippen molar-refractivity contribution in [1.29, 1.82) is 0 Å². The zero-order valence-corrected chi connectivity index (χ0v) is 16.5. The first-order chi connectivity index (χ1) is 8.91. The Balaban J connectivity index is 3.03. The van der Waals surface area contributed by atoms with Gasteiger partial charge in [-0.25, -0.2) is 13.2 Å². The Hall–Kier alpha value is 0.650. The molecule has 11 heteroatoms. The van der Waals surface area contributed by atoms with Gasteiger partial charge in [0.2, 0.25) is 0 Å². The van der Waals surface area contributed by atoms with Crippen LogP contribution < -0.4 is 0 Å². The Morgan fingerprint density at radius 3 is 2.35 bits per heavy atom. The van der Waals surface area contributed by atoms with Crippen molar-refractivity contribution in [1.82, 2.24) is 0 Å². The molecule has 0 N–H and O–H groups in total. The Morgan fingerprint density at radius 1 is 1.30 bits per heavy atom. The van der Waals surface area contributed by atoms with Crippen molar-refractivity contribution in [2.24, 2.45) is 0 Å². The van der Waals surface area contributed by atoms with Crippen LogP contribution in [0.4, 0.5) is 8.78 Å². The molecule has 1 aromatic rings. The fraction of sp³-hybridized carbons (Fsp3) is 0.222. The Kier molecular flexibility index (Phi) is 6.38. The topological polar surface area (TPSA) is 83.5 Å². The van der Waals surface area contributed by atoms with E-state index in [0.717, 1.165) is 0 Å². The molecular weight excluding hydrogens is 639 g/mol. The van der Waals surface area contributed by atoms with E-state index >= 15 is 0 Å². The highest BCUT2D eigenvalue weighted by Gasteiger charge is 2.37. The monoisotopic (exact) mass is 643 g/mol. The summed E-state index contributed by atoms with van der Waals surface area (Å²) in [5.74, 6) is -3.48. The summed E-state index contributed by atoms with van der Waals surface area (Å²) >= 11 is 5.59. The summed E-state index contributed by atoms with van der Waals surface area (Å²) in [5, 5.41) is 0. The molecule has 0 amide bonds. The quantitative estimate of drug-likeness (QED) is 0.219. The van der Waals surface area contributed by atoms with Crippen LogP contribution in [-0.2, 0) is 14.9 Å². The summed E-state index contributed by atoms with van der Waals surface area (Å²) in [7, 11) is -5.22. The molecule has 0 heterocycles. The minimum absolute atomic E-state index is 0.120. The highest BCUT2D eigenvalue weighted by atomic mass is 127. The van der Waals surface area contributed by atoms with E-state index in [2.05, 4.69) is 4.74 Å². The zero-order chi connectivity index (χ0) is 15.7. The normalized spacial score (nSPS) is 12.3. The second-order valence-corrected chi connectivity index (χ2v) is 8.37. The number of halogens is 5. The molecule has 0 fully saturated rings. The van der Waals surface area contributed by atoms with Crippen LogP contribution in [0.2, 0.25) is 0 Å². The van der Waals surface area contributed by atoms with Gasteiger partial charge in [0.15, 0.2) is 0 Å². The van der Waals surface area contributed by atoms with Crippen LogP contribution in [0, 0.1) is 10.7 Å². The lowest BCUT2D eigenvalue weighted by Crippen LogP contribution is -2.33. The molecule has 0 unspecified atom stereocenters. The minimum Gasteiger partial charge on any atom is -0.748 e. The highest BCUT2D eigenvalue weighted by molar-refractivity contribution is 14.1. The van der Waals surface area contributed by atoms with Crippen molar-refractivity contribution in [2.75, 3.05) is 5.75 Å². The van der Waals surface area contributed by atoms with Gasteiger partial charge >= 0.3 is 12.1 Å². The fourth-order valence-electron chi connectivity index (χ4n) is 1.13. The maximum atomic E-state index is 13.2. The number of ether oxygens (including phenoxy) is 1. The van der Waals surface area contributed by atoms with E-state index in [1.54, 1.807) is 28.7 Å². The fourth-order valence-corrected chi connectivity index (χ4v) is 3.98. The lowest BCUT2D eigenvalue weighted by molar-refractivity contribution is -0.182. The van der Waals surface area contributed by atoms with Gasteiger partial charge in [0.25, 0.3) is 0 Å². The first-order valence-electron chi connectivity index (χ1n) is 4.60. The van der Waals surface area contributed by atoms with Crippen molar-refractivity contribution in [2.45, 2.75) is 6.11 Å². The third-order valence-corrected chi connectivity index (χ3v) is 6.16. The largest absolute Gasteiger partial charge is 0.748 e. The average Bonchev–Trinajstić information content (AvgIpc) is 2.18. The van der Waals surface area contributed by atoms with Gasteiger partial charge in [0.1, 0.15) is 15.9 Å². The van der Waals surface area contributed by atoms with E-state index in [9.17, 15) is 26.5 Å². The van der Waals surface area contributed by atoms with E-state index in [1.807, 2.05) is 45.2 Å². The molecule has 5 nitrogen and oxygen atoms in total. The van der Waals surface area contributed by atoms with Crippen LogP contribution in [0.3, 0.4) is 0 Å². The summed E-state index contributed by atoms with van der Waals surface area (Å²) < 4.78 is 62.8. The maximum absolute atomic E-state index is 13.2. The summed E-state index contributed by atoms with van der Waals surface area (Å²) in [6, 6.07) is 3.05. The number of rotatable bonds is 4. The van der Waals surface area contributed by atoms with Gasteiger partial charge in [-0.1, -0.05) is 0 Å². The van der Waals surface area contributed by atoms with Gasteiger partial charge in [0.05, 0.1) is 5.56 Å². The van der Waals surface area contributed by atoms with Crippen LogP contribution in [0.5, 0.6) is 0 Å². The molecule has 112 valence electrons. The summed E-state index contributed by atoms with van der Waals surface area (Å²) in [6.45, 7) is 0. The average molecular weight is 643 g/mol. The van der Waals surface area contributed by atoms with Gasteiger partial charge in [0, 0.05) is 10.7 Å². The molecule has 1 aromatic carbocycles. The smallest absolute Gasteiger partial charge is 0.413 e. The Labute approximate surface area is 154 Å². The number of benzene rings is 1. The van der Waals surface area contributed by atoms with Crippen molar-refractivity contribution >= 4 is 83.9 Å². The summed E-state index contributed by atoms with van der Waals surface area (Å²) in [4.78, 5) is 11.7. The van der Waals surface area contributed by atoms with Crippen molar-refractivity contribution < 1.29 is 31.3 Å². The van der Waals surface area contributed by atoms with Crippen LogP contribution in [0.15, 0.2) is 12.1 Å². The number of alkyl halides is 2. The molecule has 0 radical (unpaired) electrons. The molecule has 0 bridgehead atoms. The van der Waals surface area contributed by atoms with E-state index in [4.69, 9.17) is 0 Å². The van der Waals surface area contributed by atoms with Gasteiger partial charge in [-0.05, 0) is 79.9 Å². The SMILES string of the molecule is O=C(OC(F)(F)CS(=O)(=O)[O-])c1cc(I)cc(I)c1I. The first kappa shape index (κ1) is 18.7. The molecule has 0 spiro atoms. The minimum atomic E-state index is -5.22. The molecule has 0 saturated carbocycles. The number of hydrogen-bond acceptors (Lipinski definition) is 5. The zero-order valence-electron chi connectivity index (χ0n) is 9.20. The van der Waals surface area contributed by atoms with Crippen LogP contribution in [0.1, 0.15) is 10.4 Å². The van der Waals surface area contributed by atoms with Gasteiger partial charge in [-0.15, -0.1) is 0 Å². The molecule has 0 aliphatic heterocycles. The number of esters is 1. The first-order valence-corrected chi connectivity index (χ1v) is 9.42. The standard InChI is InChI=1S/C9H5F2I3O5S/c10-9(11,3-20(16,17)18)19-8(15)5-1-4(12)2-6(13)7(5)14/h1-2H,3H2,(H,16,17,18)/p-1. The number of carbonyl (C=O) groups is 1. The maximum Gasteiger partial charge on any atom is 0.413 e. The van der Waals surface area contributed by atoms with E-state index in [-0.39, 0.29) is 5.56 Å². The van der Waals surface area contributed by atoms with Crippen molar-refractivity contribution in [3.8, 4) is 0 Å². The molecular formula is C9H4F2I3O5S-.